The van der Waals surface area contributed by atoms with Gasteiger partial charge in [-0.2, -0.15) is 9.57 Å². The number of nitrogens with two attached hydrogens (primary N) is 1. The van der Waals surface area contributed by atoms with Crippen LogP contribution in [0.4, 0.5) is 0 Å². The second-order valence-corrected chi connectivity index (χ2v) is 6.60. The lowest BCUT2D eigenvalue weighted by atomic mass is 9.99. The maximum atomic E-state index is 12.5. The first-order valence-corrected chi connectivity index (χ1v) is 7.73. The van der Waals surface area contributed by atoms with Crippen molar-refractivity contribution >= 4 is 10.0 Å². The van der Waals surface area contributed by atoms with E-state index < -0.39 is 10.0 Å². The molecular weight excluding hydrogens is 262 g/mol. The molecule has 19 heavy (non-hydrogen) atoms. The van der Waals surface area contributed by atoms with Crippen LogP contribution in [-0.4, -0.2) is 32.4 Å². The zero-order valence-corrected chi connectivity index (χ0v) is 11.4. The van der Waals surface area contributed by atoms with Gasteiger partial charge in [0, 0.05) is 13.1 Å². The van der Waals surface area contributed by atoms with Crippen molar-refractivity contribution in [3.05, 3.63) is 29.8 Å². The molecule has 1 fully saturated rings. The van der Waals surface area contributed by atoms with Gasteiger partial charge in [-0.05, 0) is 37.4 Å². The summed E-state index contributed by atoms with van der Waals surface area (Å²) in [7, 11) is -3.57. The van der Waals surface area contributed by atoms with Crippen molar-refractivity contribution in [3.8, 4) is 6.07 Å². The number of nitriles is 1. The number of piperidine rings is 1. The van der Waals surface area contributed by atoms with Crippen molar-refractivity contribution in [1.82, 2.24) is 4.31 Å². The van der Waals surface area contributed by atoms with E-state index in [-0.39, 0.29) is 10.5 Å². The number of hydrogen-bond acceptors (Lipinski definition) is 4. The molecule has 0 saturated carbocycles. The average Bonchev–Trinajstić information content (AvgIpc) is 2.47. The molecule has 0 aromatic heterocycles. The van der Waals surface area contributed by atoms with E-state index in [0.29, 0.717) is 25.6 Å². The lowest BCUT2D eigenvalue weighted by Gasteiger charge is -2.30. The topological polar surface area (TPSA) is 87.2 Å². The summed E-state index contributed by atoms with van der Waals surface area (Å²) in [6.07, 6.45) is 1.56. The molecule has 2 N–H and O–H groups in total. The summed E-state index contributed by atoms with van der Waals surface area (Å²) in [5.74, 6) is 0.401. The molecule has 0 spiro atoms. The number of rotatable bonds is 3. The molecule has 0 aliphatic carbocycles. The molecule has 1 aromatic rings. The first-order chi connectivity index (χ1) is 9.09. The standard InChI is InChI=1S/C13H17N3O2S/c14-9-11-5-7-16(8-6-11)19(17,18)13-4-2-1-3-12(13)10-15/h1-4,11H,5-9,14H2. The van der Waals surface area contributed by atoms with Crippen LogP contribution >= 0.6 is 0 Å². The van der Waals surface area contributed by atoms with E-state index in [1.807, 2.05) is 6.07 Å². The van der Waals surface area contributed by atoms with E-state index in [0.717, 1.165) is 12.8 Å². The van der Waals surface area contributed by atoms with E-state index in [9.17, 15) is 8.42 Å². The first kappa shape index (κ1) is 14.0. The SMILES string of the molecule is N#Cc1ccccc1S(=O)(=O)N1CCC(CN)CC1. The zero-order chi connectivity index (χ0) is 13.9. The lowest BCUT2D eigenvalue weighted by Crippen LogP contribution is -2.40. The number of sulfonamides is 1. The van der Waals surface area contributed by atoms with Crippen LogP contribution in [0.15, 0.2) is 29.2 Å². The fraction of sp³-hybridized carbons (Fsp3) is 0.462. The van der Waals surface area contributed by atoms with E-state index >= 15 is 0 Å². The van der Waals surface area contributed by atoms with Crippen LogP contribution in [0.25, 0.3) is 0 Å². The van der Waals surface area contributed by atoms with Crippen LogP contribution in [0.1, 0.15) is 18.4 Å². The maximum Gasteiger partial charge on any atom is 0.244 e. The minimum absolute atomic E-state index is 0.101. The van der Waals surface area contributed by atoms with Gasteiger partial charge < -0.3 is 5.73 Å². The Balaban J connectivity index is 2.27. The highest BCUT2D eigenvalue weighted by Gasteiger charge is 2.30. The monoisotopic (exact) mass is 279 g/mol. The van der Waals surface area contributed by atoms with Crippen LogP contribution < -0.4 is 5.73 Å². The molecule has 0 radical (unpaired) electrons. The van der Waals surface area contributed by atoms with Crippen LogP contribution in [0.2, 0.25) is 0 Å². The van der Waals surface area contributed by atoms with Crippen LogP contribution in [0.3, 0.4) is 0 Å². The molecule has 2 rings (SSSR count). The molecule has 0 amide bonds. The summed E-state index contributed by atoms with van der Waals surface area (Å²) in [5.41, 5.74) is 5.80. The number of benzene rings is 1. The molecule has 1 heterocycles. The van der Waals surface area contributed by atoms with E-state index in [2.05, 4.69) is 0 Å². The fourth-order valence-electron chi connectivity index (χ4n) is 2.31. The van der Waals surface area contributed by atoms with Gasteiger partial charge in [0.25, 0.3) is 0 Å². The van der Waals surface area contributed by atoms with Crippen LogP contribution in [0.5, 0.6) is 0 Å². The van der Waals surface area contributed by atoms with Gasteiger partial charge in [0.05, 0.1) is 10.5 Å². The normalized spacial score (nSPS) is 18.1. The van der Waals surface area contributed by atoms with Gasteiger partial charge in [-0.3, -0.25) is 0 Å². The summed E-state index contributed by atoms with van der Waals surface area (Å²) < 4.78 is 26.5. The van der Waals surface area contributed by atoms with E-state index in [4.69, 9.17) is 11.0 Å². The predicted molar refractivity (Wildman–Crippen MR) is 71.7 cm³/mol. The molecule has 1 saturated heterocycles. The van der Waals surface area contributed by atoms with Crippen molar-refractivity contribution in [2.75, 3.05) is 19.6 Å². The molecular formula is C13H17N3O2S. The Morgan fingerprint density at radius 3 is 2.53 bits per heavy atom. The van der Waals surface area contributed by atoms with Crippen molar-refractivity contribution in [1.29, 1.82) is 5.26 Å². The van der Waals surface area contributed by atoms with Crippen molar-refractivity contribution in [3.63, 3.8) is 0 Å². The molecule has 0 atom stereocenters. The van der Waals surface area contributed by atoms with Crippen molar-refractivity contribution < 1.29 is 8.42 Å². The Kier molecular flexibility index (Phi) is 4.20. The van der Waals surface area contributed by atoms with Gasteiger partial charge >= 0.3 is 0 Å². The Hall–Kier alpha value is -1.42. The van der Waals surface area contributed by atoms with Crippen LogP contribution in [-0.2, 0) is 10.0 Å². The second-order valence-electron chi connectivity index (χ2n) is 4.69. The Labute approximate surface area is 113 Å². The van der Waals surface area contributed by atoms with Gasteiger partial charge in [-0.25, -0.2) is 8.42 Å². The molecule has 6 heteroatoms. The molecule has 1 aromatic carbocycles. The Bertz CT molecular complexity index is 584. The second kappa shape index (κ2) is 5.70. The number of hydrogen-bond donors (Lipinski definition) is 1. The highest BCUT2D eigenvalue weighted by Crippen LogP contribution is 2.24. The highest BCUT2D eigenvalue weighted by molar-refractivity contribution is 7.89. The molecule has 102 valence electrons. The first-order valence-electron chi connectivity index (χ1n) is 6.29. The summed E-state index contributed by atoms with van der Waals surface area (Å²) in [5, 5.41) is 9.01. The smallest absolute Gasteiger partial charge is 0.244 e. The van der Waals surface area contributed by atoms with Gasteiger partial charge in [-0.1, -0.05) is 12.1 Å². The quantitative estimate of drug-likeness (QED) is 0.891. The van der Waals surface area contributed by atoms with Gasteiger partial charge in [0.1, 0.15) is 6.07 Å². The van der Waals surface area contributed by atoms with Crippen molar-refractivity contribution in [2.24, 2.45) is 11.7 Å². The summed E-state index contributed by atoms with van der Waals surface area (Å²) >= 11 is 0. The van der Waals surface area contributed by atoms with E-state index in [1.54, 1.807) is 12.1 Å². The molecule has 5 nitrogen and oxygen atoms in total. The summed E-state index contributed by atoms with van der Waals surface area (Å²) in [6.45, 7) is 1.55. The third-order valence-corrected chi connectivity index (χ3v) is 5.49. The summed E-state index contributed by atoms with van der Waals surface area (Å²) in [4.78, 5) is 0.101. The van der Waals surface area contributed by atoms with Crippen LogP contribution in [0, 0.1) is 17.2 Å². The fourth-order valence-corrected chi connectivity index (χ4v) is 3.92. The Morgan fingerprint density at radius 2 is 1.95 bits per heavy atom. The maximum absolute atomic E-state index is 12.5. The Morgan fingerprint density at radius 1 is 1.32 bits per heavy atom. The largest absolute Gasteiger partial charge is 0.330 e. The molecule has 0 bridgehead atoms. The minimum atomic E-state index is -3.57. The average molecular weight is 279 g/mol. The zero-order valence-electron chi connectivity index (χ0n) is 10.6. The number of nitrogens with zero attached hydrogens (tertiary/aromatic N) is 2. The van der Waals surface area contributed by atoms with Crippen molar-refractivity contribution in [2.45, 2.75) is 17.7 Å². The van der Waals surface area contributed by atoms with Gasteiger partial charge in [0.15, 0.2) is 0 Å². The van der Waals surface area contributed by atoms with Gasteiger partial charge in [-0.15, -0.1) is 0 Å². The lowest BCUT2D eigenvalue weighted by molar-refractivity contribution is 0.278. The third kappa shape index (κ3) is 2.78. The molecule has 1 aliphatic rings. The minimum Gasteiger partial charge on any atom is -0.330 e. The van der Waals surface area contributed by atoms with E-state index in [1.165, 1.54) is 16.4 Å². The predicted octanol–water partition coefficient (Wildman–Crippen LogP) is 0.918. The molecule has 0 unspecified atom stereocenters. The molecule has 1 aliphatic heterocycles. The van der Waals surface area contributed by atoms with Gasteiger partial charge in [0.2, 0.25) is 10.0 Å². The third-order valence-electron chi connectivity index (χ3n) is 3.53. The highest BCUT2D eigenvalue weighted by atomic mass is 32.2. The summed E-state index contributed by atoms with van der Waals surface area (Å²) in [6, 6.07) is 8.26.